The molecule has 0 aliphatic heterocycles. The van der Waals surface area contributed by atoms with E-state index >= 15 is 0 Å². The zero-order chi connectivity index (χ0) is 24.9. The van der Waals surface area contributed by atoms with Crippen molar-refractivity contribution in [2.24, 2.45) is 0 Å². The summed E-state index contributed by atoms with van der Waals surface area (Å²) in [6.07, 6.45) is 0.0620. The maximum absolute atomic E-state index is 12.8. The van der Waals surface area contributed by atoms with Crippen molar-refractivity contribution >= 4 is 46.3 Å². The number of aryl methyl sites for hydroxylation is 1. The highest BCUT2D eigenvalue weighted by Crippen LogP contribution is 2.35. The Morgan fingerprint density at radius 1 is 1.09 bits per heavy atom. The van der Waals surface area contributed by atoms with Crippen LogP contribution < -0.4 is 4.72 Å². The van der Waals surface area contributed by atoms with Crippen molar-refractivity contribution in [2.45, 2.75) is 26.7 Å². The first-order valence-electron chi connectivity index (χ1n) is 10.7. The molecule has 10 heteroatoms. The topological polar surface area (TPSA) is 90.3 Å². The Hall–Kier alpha value is -3.05. The van der Waals surface area contributed by atoms with E-state index in [9.17, 15) is 14.1 Å². The van der Waals surface area contributed by atoms with Gasteiger partial charge in [0.15, 0.2) is 0 Å². The lowest BCUT2D eigenvalue weighted by Crippen LogP contribution is -2.31. The van der Waals surface area contributed by atoms with Crippen LogP contribution in [0.5, 0.6) is 0 Å². The van der Waals surface area contributed by atoms with Crippen LogP contribution >= 0.6 is 23.1 Å². The molecule has 4 rings (SSSR count). The number of amides is 2. The molecule has 1 atom stereocenters. The van der Waals surface area contributed by atoms with Crippen molar-refractivity contribution < 1.29 is 14.1 Å². The SMILES string of the molecule is Cc1cc(CC(=O)N[S+]([O-])c2ccc(Sc3ccc(C(=O)N(C)C)cc3)s2)n(-c2ccccc2)n1. The number of thiophene rings is 1. The molecule has 0 fully saturated rings. The molecule has 7 nitrogen and oxygen atoms in total. The Balaban J connectivity index is 1.37. The molecular weight excluding hydrogens is 501 g/mol. The molecular formula is C25H24N4O3S3. The van der Waals surface area contributed by atoms with Crippen molar-refractivity contribution in [1.82, 2.24) is 19.4 Å². The van der Waals surface area contributed by atoms with E-state index < -0.39 is 11.4 Å². The van der Waals surface area contributed by atoms with Crippen LogP contribution in [-0.2, 0) is 22.6 Å². The van der Waals surface area contributed by atoms with Crippen LogP contribution in [0.25, 0.3) is 5.69 Å². The minimum atomic E-state index is -1.66. The molecule has 2 aromatic carbocycles. The van der Waals surface area contributed by atoms with Gasteiger partial charge in [-0.15, -0.1) is 0 Å². The molecule has 0 spiro atoms. The van der Waals surface area contributed by atoms with E-state index in [0.29, 0.717) is 9.77 Å². The van der Waals surface area contributed by atoms with Gasteiger partial charge in [-0.3, -0.25) is 9.59 Å². The zero-order valence-electron chi connectivity index (χ0n) is 19.4. The number of carbonyl (C=O) groups is 2. The summed E-state index contributed by atoms with van der Waals surface area (Å²) in [5.41, 5.74) is 3.01. The molecule has 4 aromatic rings. The number of nitrogens with one attached hydrogen (secondary N) is 1. The van der Waals surface area contributed by atoms with Crippen LogP contribution in [0.15, 0.2) is 86.1 Å². The van der Waals surface area contributed by atoms with E-state index in [2.05, 4.69) is 9.82 Å². The van der Waals surface area contributed by atoms with Gasteiger partial charge in [-0.05, 0) is 55.5 Å². The van der Waals surface area contributed by atoms with Crippen LogP contribution in [0.2, 0.25) is 0 Å². The number of benzene rings is 2. The molecule has 2 heterocycles. The molecule has 0 aliphatic rings. The molecule has 0 saturated heterocycles. The summed E-state index contributed by atoms with van der Waals surface area (Å²) in [5, 5.41) is 4.48. The van der Waals surface area contributed by atoms with Gasteiger partial charge in [0.05, 0.1) is 27.7 Å². The Morgan fingerprint density at radius 3 is 2.49 bits per heavy atom. The highest BCUT2D eigenvalue weighted by molar-refractivity contribution is 8.01. The maximum atomic E-state index is 12.8. The monoisotopic (exact) mass is 524 g/mol. The second kappa shape index (κ2) is 11.1. The van der Waals surface area contributed by atoms with Crippen molar-refractivity contribution in [3.05, 3.63) is 89.7 Å². The fraction of sp³-hybridized carbons (Fsp3) is 0.160. The van der Waals surface area contributed by atoms with Gasteiger partial charge >= 0.3 is 0 Å². The molecule has 35 heavy (non-hydrogen) atoms. The standard InChI is InChI=1S/C25H24N4O3S3/c1-17-15-20(29(26-17)19-7-5-4-6-8-19)16-22(30)27-35(32)24-14-13-23(34-24)33-21-11-9-18(10-12-21)25(31)28(2)3/h4-15H,16H2,1-3H3,(H,27,30). The molecule has 180 valence electrons. The highest BCUT2D eigenvalue weighted by atomic mass is 32.3. The third kappa shape index (κ3) is 6.34. The maximum Gasteiger partial charge on any atom is 0.267 e. The zero-order valence-corrected chi connectivity index (χ0v) is 21.9. The Labute approximate surface area is 215 Å². The van der Waals surface area contributed by atoms with Crippen molar-refractivity contribution in [3.8, 4) is 5.69 Å². The third-order valence-corrected chi connectivity index (χ3v) is 8.56. The van der Waals surface area contributed by atoms with E-state index in [1.807, 2.05) is 61.5 Å². The first-order chi connectivity index (χ1) is 16.8. The van der Waals surface area contributed by atoms with Crippen LogP contribution in [0.4, 0.5) is 0 Å². The number of carbonyl (C=O) groups excluding carboxylic acids is 2. The van der Waals surface area contributed by atoms with Crippen molar-refractivity contribution in [2.75, 3.05) is 14.1 Å². The smallest absolute Gasteiger partial charge is 0.267 e. The van der Waals surface area contributed by atoms with Gasteiger partial charge in [-0.2, -0.15) is 9.82 Å². The minimum Gasteiger partial charge on any atom is -0.587 e. The van der Waals surface area contributed by atoms with E-state index in [1.54, 1.807) is 37.0 Å². The predicted octanol–water partition coefficient (Wildman–Crippen LogP) is 4.48. The third-order valence-electron chi connectivity index (χ3n) is 4.92. The molecule has 0 bridgehead atoms. The summed E-state index contributed by atoms with van der Waals surface area (Å²) in [6, 6.07) is 22.4. The van der Waals surface area contributed by atoms with Gasteiger partial charge in [0.25, 0.3) is 11.8 Å². The van der Waals surface area contributed by atoms with Crippen molar-refractivity contribution in [3.63, 3.8) is 0 Å². The van der Waals surface area contributed by atoms with Crippen molar-refractivity contribution in [1.29, 1.82) is 0 Å². The molecule has 2 amide bonds. The quantitative estimate of drug-likeness (QED) is 0.343. The average Bonchev–Trinajstić information content (AvgIpc) is 3.46. The summed E-state index contributed by atoms with van der Waals surface area (Å²) in [7, 11) is 3.44. The highest BCUT2D eigenvalue weighted by Gasteiger charge is 2.21. The lowest BCUT2D eigenvalue weighted by Gasteiger charge is -2.10. The van der Waals surface area contributed by atoms with E-state index in [-0.39, 0.29) is 18.2 Å². The summed E-state index contributed by atoms with van der Waals surface area (Å²) in [6.45, 7) is 1.87. The largest absolute Gasteiger partial charge is 0.587 e. The molecule has 2 aromatic heterocycles. The molecule has 0 aliphatic carbocycles. The first-order valence-corrected chi connectivity index (χ1v) is 13.5. The lowest BCUT2D eigenvalue weighted by molar-refractivity contribution is -0.118. The van der Waals surface area contributed by atoms with Gasteiger partial charge in [0.1, 0.15) is 11.4 Å². The number of hydrogen-bond acceptors (Lipinski definition) is 6. The predicted molar refractivity (Wildman–Crippen MR) is 139 cm³/mol. The fourth-order valence-corrected chi connectivity index (χ4v) is 6.59. The van der Waals surface area contributed by atoms with Crippen LogP contribution in [-0.4, -0.2) is 45.1 Å². The Kier molecular flexibility index (Phi) is 7.97. The minimum absolute atomic E-state index is 0.0481. The van der Waals surface area contributed by atoms with E-state index in [1.165, 1.54) is 28.0 Å². The first kappa shape index (κ1) is 25.1. The normalized spacial score (nSPS) is 11.8. The van der Waals surface area contributed by atoms with E-state index in [4.69, 9.17) is 0 Å². The second-order valence-corrected chi connectivity index (χ2v) is 11.8. The second-order valence-electron chi connectivity index (χ2n) is 7.89. The Bertz CT molecular complexity index is 1320. The van der Waals surface area contributed by atoms with Gasteiger partial charge in [0.2, 0.25) is 4.21 Å². The Morgan fingerprint density at radius 2 is 1.80 bits per heavy atom. The molecule has 1 N–H and O–H groups in total. The summed E-state index contributed by atoms with van der Waals surface area (Å²) in [4.78, 5) is 27.2. The average molecular weight is 525 g/mol. The number of aromatic nitrogens is 2. The van der Waals surface area contributed by atoms with Gasteiger partial charge in [-0.1, -0.05) is 41.3 Å². The number of para-hydroxylation sites is 1. The van der Waals surface area contributed by atoms with Crippen LogP contribution in [0, 0.1) is 6.92 Å². The summed E-state index contributed by atoms with van der Waals surface area (Å²) < 4.78 is 18.6. The number of nitrogens with zero attached hydrogens (tertiary/aromatic N) is 3. The number of hydrogen-bond donors (Lipinski definition) is 1. The fourth-order valence-electron chi connectivity index (χ4n) is 3.32. The van der Waals surface area contributed by atoms with E-state index in [0.717, 1.165) is 26.2 Å². The summed E-state index contributed by atoms with van der Waals surface area (Å²) >= 11 is 1.21. The number of rotatable bonds is 8. The van der Waals surface area contributed by atoms with Gasteiger partial charge in [0, 0.05) is 30.6 Å². The molecule has 0 radical (unpaired) electrons. The van der Waals surface area contributed by atoms with Gasteiger partial charge < -0.3 is 9.45 Å². The molecule has 0 saturated carbocycles. The van der Waals surface area contributed by atoms with Crippen LogP contribution in [0.3, 0.4) is 0 Å². The van der Waals surface area contributed by atoms with Crippen LogP contribution in [0.1, 0.15) is 21.7 Å². The lowest BCUT2D eigenvalue weighted by atomic mass is 10.2. The summed E-state index contributed by atoms with van der Waals surface area (Å²) in [5.74, 6) is -0.391. The van der Waals surface area contributed by atoms with Gasteiger partial charge in [-0.25, -0.2) is 4.68 Å². The molecule has 1 unspecified atom stereocenters.